The van der Waals surface area contributed by atoms with Gasteiger partial charge in [-0.2, -0.15) is 5.10 Å². The highest BCUT2D eigenvalue weighted by Gasteiger charge is 2.18. The molecule has 0 bridgehead atoms. The number of aliphatic hydroxyl groups is 1. The van der Waals surface area contributed by atoms with Crippen LogP contribution in [0.3, 0.4) is 0 Å². The van der Waals surface area contributed by atoms with E-state index in [0.29, 0.717) is 16.5 Å². The van der Waals surface area contributed by atoms with Crippen molar-refractivity contribution in [3.63, 3.8) is 0 Å². The SMILES string of the molecule is CCn1nc(C)c(Cl)c1CC(O)c1nccs1. The van der Waals surface area contributed by atoms with E-state index in [1.165, 1.54) is 11.3 Å². The number of hydrogen-bond acceptors (Lipinski definition) is 4. The number of thiazole rings is 1. The molecule has 2 heterocycles. The van der Waals surface area contributed by atoms with Crippen molar-refractivity contribution in [2.24, 2.45) is 0 Å². The first-order valence-corrected chi connectivity index (χ1v) is 6.68. The van der Waals surface area contributed by atoms with Crippen LogP contribution >= 0.6 is 22.9 Å². The number of rotatable bonds is 4. The summed E-state index contributed by atoms with van der Waals surface area (Å²) in [5.41, 5.74) is 1.67. The van der Waals surface area contributed by atoms with Crippen molar-refractivity contribution in [3.05, 3.63) is 33.0 Å². The molecule has 0 saturated heterocycles. The van der Waals surface area contributed by atoms with E-state index < -0.39 is 6.10 Å². The van der Waals surface area contributed by atoms with Gasteiger partial charge in [-0.25, -0.2) is 4.98 Å². The van der Waals surface area contributed by atoms with E-state index in [0.717, 1.165) is 17.9 Å². The van der Waals surface area contributed by atoms with Crippen LogP contribution in [0.4, 0.5) is 0 Å². The molecular formula is C11H14ClN3OS. The Bertz CT molecular complexity index is 495. The zero-order valence-electron chi connectivity index (χ0n) is 9.72. The molecule has 0 aliphatic carbocycles. The molecule has 6 heteroatoms. The van der Waals surface area contributed by atoms with Crippen molar-refractivity contribution >= 4 is 22.9 Å². The molecule has 0 radical (unpaired) electrons. The Morgan fingerprint density at radius 1 is 1.59 bits per heavy atom. The Balaban J connectivity index is 2.24. The maximum Gasteiger partial charge on any atom is 0.122 e. The molecule has 1 atom stereocenters. The van der Waals surface area contributed by atoms with Gasteiger partial charge in [0.2, 0.25) is 0 Å². The van der Waals surface area contributed by atoms with Gasteiger partial charge in [0.15, 0.2) is 0 Å². The first-order chi connectivity index (χ1) is 8.13. The van der Waals surface area contributed by atoms with Crippen LogP contribution < -0.4 is 0 Å². The number of nitrogens with zero attached hydrogens (tertiary/aromatic N) is 3. The summed E-state index contributed by atoms with van der Waals surface area (Å²) in [4.78, 5) is 4.10. The smallest absolute Gasteiger partial charge is 0.122 e. The van der Waals surface area contributed by atoms with E-state index in [-0.39, 0.29) is 0 Å². The van der Waals surface area contributed by atoms with Gasteiger partial charge < -0.3 is 5.11 Å². The molecule has 4 nitrogen and oxygen atoms in total. The van der Waals surface area contributed by atoms with Crippen LogP contribution in [0.2, 0.25) is 5.02 Å². The van der Waals surface area contributed by atoms with E-state index in [2.05, 4.69) is 10.1 Å². The lowest BCUT2D eigenvalue weighted by molar-refractivity contribution is 0.175. The van der Waals surface area contributed by atoms with Gasteiger partial charge in [0.1, 0.15) is 11.1 Å². The number of aryl methyl sites for hydroxylation is 2. The topological polar surface area (TPSA) is 50.9 Å². The minimum atomic E-state index is -0.617. The van der Waals surface area contributed by atoms with Gasteiger partial charge in [-0.1, -0.05) is 11.6 Å². The molecule has 0 aromatic carbocycles. The summed E-state index contributed by atoms with van der Waals surface area (Å²) in [5.74, 6) is 0. The molecular weight excluding hydrogens is 258 g/mol. The number of hydrogen-bond donors (Lipinski definition) is 1. The van der Waals surface area contributed by atoms with Gasteiger partial charge >= 0.3 is 0 Å². The number of aliphatic hydroxyl groups excluding tert-OH is 1. The lowest BCUT2D eigenvalue weighted by Crippen LogP contribution is -2.08. The molecule has 0 saturated carbocycles. The minimum Gasteiger partial charge on any atom is -0.386 e. The Morgan fingerprint density at radius 3 is 2.94 bits per heavy atom. The summed E-state index contributed by atoms with van der Waals surface area (Å²) in [6.07, 6.45) is 1.52. The summed E-state index contributed by atoms with van der Waals surface area (Å²) in [5, 5.41) is 17.6. The second kappa shape index (κ2) is 5.16. The fourth-order valence-electron chi connectivity index (χ4n) is 1.73. The molecule has 2 aromatic rings. The minimum absolute atomic E-state index is 0.445. The highest BCUT2D eigenvalue weighted by atomic mass is 35.5. The summed E-state index contributed by atoms with van der Waals surface area (Å²) < 4.78 is 1.83. The monoisotopic (exact) mass is 271 g/mol. The van der Waals surface area contributed by atoms with Crippen LogP contribution in [0.5, 0.6) is 0 Å². The van der Waals surface area contributed by atoms with E-state index in [4.69, 9.17) is 11.6 Å². The molecule has 17 heavy (non-hydrogen) atoms. The summed E-state index contributed by atoms with van der Waals surface area (Å²) in [7, 11) is 0. The first-order valence-electron chi connectivity index (χ1n) is 5.42. The average molecular weight is 272 g/mol. The Kier molecular flexibility index (Phi) is 3.81. The molecule has 92 valence electrons. The zero-order valence-corrected chi connectivity index (χ0v) is 11.3. The molecule has 0 amide bonds. The molecule has 0 fully saturated rings. The van der Waals surface area contributed by atoms with Crippen LogP contribution in [0.25, 0.3) is 0 Å². The molecule has 1 unspecified atom stereocenters. The maximum absolute atomic E-state index is 10.1. The fraction of sp³-hybridized carbons (Fsp3) is 0.455. The van der Waals surface area contributed by atoms with Crippen LogP contribution in [0, 0.1) is 6.92 Å². The fourth-order valence-corrected chi connectivity index (χ4v) is 2.57. The third kappa shape index (κ3) is 2.51. The third-order valence-corrected chi connectivity index (χ3v) is 3.94. The first kappa shape index (κ1) is 12.5. The van der Waals surface area contributed by atoms with Gasteiger partial charge in [-0.05, 0) is 13.8 Å². The highest BCUT2D eigenvalue weighted by molar-refractivity contribution is 7.09. The molecule has 0 spiro atoms. The van der Waals surface area contributed by atoms with E-state index in [1.54, 1.807) is 6.20 Å². The molecule has 2 aromatic heterocycles. The summed E-state index contributed by atoms with van der Waals surface area (Å²) in [6, 6.07) is 0. The molecule has 0 aliphatic rings. The largest absolute Gasteiger partial charge is 0.386 e. The van der Waals surface area contributed by atoms with Crippen LogP contribution in [0.15, 0.2) is 11.6 Å². The highest BCUT2D eigenvalue weighted by Crippen LogP contribution is 2.26. The van der Waals surface area contributed by atoms with Crippen LogP contribution in [0.1, 0.15) is 29.4 Å². The Labute approximate surface area is 109 Å². The van der Waals surface area contributed by atoms with Gasteiger partial charge in [0, 0.05) is 24.5 Å². The average Bonchev–Trinajstić information content (AvgIpc) is 2.92. The lowest BCUT2D eigenvalue weighted by Gasteiger charge is -2.09. The number of aromatic nitrogens is 3. The Morgan fingerprint density at radius 2 is 2.35 bits per heavy atom. The molecule has 1 N–H and O–H groups in total. The predicted molar refractivity (Wildman–Crippen MR) is 68.4 cm³/mol. The quantitative estimate of drug-likeness (QED) is 0.930. The Hall–Kier alpha value is -0.910. The lowest BCUT2D eigenvalue weighted by atomic mass is 10.2. The van der Waals surface area contributed by atoms with Gasteiger partial charge in [-0.3, -0.25) is 4.68 Å². The molecule has 2 rings (SSSR count). The normalized spacial score (nSPS) is 12.9. The van der Waals surface area contributed by atoms with Crippen molar-refractivity contribution in [1.29, 1.82) is 0 Å². The van der Waals surface area contributed by atoms with Crippen molar-refractivity contribution in [2.45, 2.75) is 32.9 Å². The van der Waals surface area contributed by atoms with Crippen molar-refractivity contribution < 1.29 is 5.11 Å². The molecule has 0 aliphatic heterocycles. The van der Waals surface area contributed by atoms with Crippen molar-refractivity contribution in [1.82, 2.24) is 14.8 Å². The predicted octanol–water partition coefficient (Wildman–Crippen LogP) is 2.60. The van der Waals surface area contributed by atoms with E-state index >= 15 is 0 Å². The maximum atomic E-state index is 10.1. The number of halogens is 1. The standard InChI is InChI=1S/C11H14ClN3OS/c1-3-15-8(10(12)7(2)14-15)6-9(16)11-13-4-5-17-11/h4-5,9,16H,3,6H2,1-2H3. The van der Waals surface area contributed by atoms with Crippen LogP contribution in [-0.4, -0.2) is 19.9 Å². The third-order valence-electron chi connectivity index (χ3n) is 2.58. The van der Waals surface area contributed by atoms with Gasteiger partial charge in [-0.15, -0.1) is 11.3 Å². The van der Waals surface area contributed by atoms with Crippen LogP contribution in [-0.2, 0) is 13.0 Å². The second-order valence-electron chi connectivity index (χ2n) is 3.75. The van der Waals surface area contributed by atoms with Gasteiger partial charge in [0.25, 0.3) is 0 Å². The zero-order chi connectivity index (χ0) is 12.4. The summed E-state index contributed by atoms with van der Waals surface area (Å²) >= 11 is 7.63. The summed E-state index contributed by atoms with van der Waals surface area (Å²) in [6.45, 7) is 4.61. The van der Waals surface area contributed by atoms with Gasteiger partial charge in [0.05, 0.1) is 16.4 Å². The second-order valence-corrected chi connectivity index (χ2v) is 5.06. The van der Waals surface area contributed by atoms with E-state index in [9.17, 15) is 5.11 Å². The van der Waals surface area contributed by atoms with Crippen molar-refractivity contribution in [2.75, 3.05) is 0 Å². The van der Waals surface area contributed by atoms with E-state index in [1.807, 2.05) is 23.9 Å². The van der Waals surface area contributed by atoms with Crippen molar-refractivity contribution in [3.8, 4) is 0 Å².